The fourth-order valence-corrected chi connectivity index (χ4v) is 2.41. The maximum Gasteiger partial charge on any atom is 0.124 e. The Morgan fingerprint density at radius 1 is 1.56 bits per heavy atom. The summed E-state index contributed by atoms with van der Waals surface area (Å²) in [6, 6.07) is 5.99. The molecule has 2 rings (SSSR count). The normalized spacial score (nSPS) is 13.2. The van der Waals surface area contributed by atoms with Crippen LogP contribution in [0.1, 0.15) is 18.3 Å². The Bertz CT molecular complexity index is 483. The summed E-state index contributed by atoms with van der Waals surface area (Å²) >= 11 is 5.24. The first kappa shape index (κ1) is 12.0. The molecule has 0 aliphatic rings. The average Bonchev–Trinajstić information content (AvgIpc) is 2.68. The first-order chi connectivity index (χ1) is 7.70. The molecule has 0 aliphatic heterocycles. The van der Waals surface area contributed by atoms with Gasteiger partial charge in [0.25, 0.3) is 0 Å². The second-order valence-electron chi connectivity index (χ2n) is 3.67. The highest BCUT2D eigenvalue weighted by Gasteiger charge is 2.10. The van der Waals surface area contributed by atoms with Gasteiger partial charge in [-0.1, -0.05) is 15.9 Å². The Labute approximate surface area is 107 Å². The highest BCUT2D eigenvalue weighted by atomic mass is 79.9. The van der Waals surface area contributed by atoms with E-state index in [4.69, 9.17) is 5.73 Å². The Morgan fingerprint density at radius 3 is 3.12 bits per heavy atom. The van der Waals surface area contributed by atoms with E-state index in [0.717, 1.165) is 33.5 Å². The number of nitrogens with two attached hydrogens (primary N) is 1. The monoisotopic (exact) mass is 299 g/mol. The SMILES string of the molecule is CSCC[C@H](N)c1nc2ccc(Br)cc2[nH]1. The molecule has 1 atom stereocenters. The molecule has 0 saturated heterocycles. The van der Waals surface area contributed by atoms with Crippen LogP contribution in [0.5, 0.6) is 0 Å². The number of hydrogen-bond donors (Lipinski definition) is 2. The number of nitrogens with one attached hydrogen (secondary N) is 1. The van der Waals surface area contributed by atoms with Gasteiger partial charge in [-0.2, -0.15) is 11.8 Å². The average molecular weight is 300 g/mol. The second-order valence-corrected chi connectivity index (χ2v) is 5.57. The van der Waals surface area contributed by atoms with E-state index in [1.807, 2.05) is 18.2 Å². The van der Waals surface area contributed by atoms with Gasteiger partial charge in [-0.3, -0.25) is 0 Å². The summed E-state index contributed by atoms with van der Waals surface area (Å²) in [6.45, 7) is 0. The number of halogens is 1. The van der Waals surface area contributed by atoms with Crippen molar-refractivity contribution >= 4 is 38.7 Å². The van der Waals surface area contributed by atoms with Crippen LogP contribution in [0.2, 0.25) is 0 Å². The van der Waals surface area contributed by atoms with E-state index in [9.17, 15) is 0 Å². The number of H-pyrrole nitrogens is 1. The number of benzene rings is 1. The van der Waals surface area contributed by atoms with E-state index in [2.05, 4.69) is 32.2 Å². The molecular formula is C11H14BrN3S. The lowest BCUT2D eigenvalue weighted by Crippen LogP contribution is -2.12. The van der Waals surface area contributed by atoms with Crippen LogP contribution in [0.25, 0.3) is 11.0 Å². The van der Waals surface area contributed by atoms with Crippen molar-refractivity contribution in [3.8, 4) is 0 Å². The molecule has 0 saturated carbocycles. The number of rotatable bonds is 4. The fourth-order valence-electron chi connectivity index (χ4n) is 1.56. The summed E-state index contributed by atoms with van der Waals surface area (Å²) in [5.74, 6) is 1.93. The lowest BCUT2D eigenvalue weighted by atomic mass is 10.2. The van der Waals surface area contributed by atoms with E-state index in [0.29, 0.717) is 0 Å². The van der Waals surface area contributed by atoms with E-state index < -0.39 is 0 Å². The Hall–Kier alpha value is -0.520. The van der Waals surface area contributed by atoms with E-state index in [-0.39, 0.29) is 6.04 Å². The van der Waals surface area contributed by atoms with E-state index in [1.165, 1.54) is 0 Å². The van der Waals surface area contributed by atoms with Crippen LogP contribution >= 0.6 is 27.7 Å². The molecule has 0 amide bonds. The molecule has 0 aliphatic carbocycles. The largest absolute Gasteiger partial charge is 0.341 e. The van der Waals surface area contributed by atoms with Crippen LogP contribution in [0, 0.1) is 0 Å². The molecule has 16 heavy (non-hydrogen) atoms. The maximum atomic E-state index is 6.06. The molecule has 1 aromatic heterocycles. The zero-order valence-corrected chi connectivity index (χ0v) is 11.4. The third kappa shape index (κ3) is 2.59. The molecule has 0 unspecified atom stereocenters. The summed E-state index contributed by atoms with van der Waals surface area (Å²) in [7, 11) is 0. The van der Waals surface area contributed by atoms with Crippen molar-refractivity contribution in [2.75, 3.05) is 12.0 Å². The molecule has 0 spiro atoms. The molecule has 5 heteroatoms. The number of aromatic amines is 1. The second kappa shape index (κ2) is 5.21. The lowest BCUT2D eigenvalue weighted by Gasteiger charge is -2.06. The van der Waals surface area contributed by atoms with Crippen LogP contribution in [0.3, 0.4) is 0 Å². The molecule has 1 aromatic carbocycles. The first-order valence-electron chi connectivity index (χ1n) is 5.10. The van der Waals surface area contributed by atoms with Crippen LogP contribution in [0.15, 0.2) is 22.7 Å². The van der Waals surface area contributed by atoms with Crippen molar-refractivity contribution in [1.29, 1.82) is 0 Å². The van der Waals surface area contributed by atoms with Gasteiger partial charge in [0.1, 0.15) is 5.82 Å². The molecule has 0 bridgehead atoms. The topological polar surface area (TPSA) is 54.7 Å². The number of aromatic nitrogens is 2. The van der Waals surface area contributed by atoms with Crippen LogP contribution in [0.4, 0.5) is 0 Å². The molecule has 2 aromatic rings. The van der Waals surface area contributed by atoms with Crippen molar-refractivity contribution in [3.63, 3.8) is 0 Å². The molecule has 3 nitrogen and oxygen atoms in total. The zero-order valence-electron chi connectivity index (χ0n) is 9.03. The highest BCUT2D eigenvalue weighted by Crippen LogP contribution is 2.21. The first-order valence-corrected chi connectivity index (χ1v) is 7.29. The van der Waals surface area contributed by atoms with E-state index in [1.54, 1.807) is 11.8 Å². The number of nitrogens with zero attached hydrogens (tertiary/aromatic N) is 1. The van der Waals surface area contributed by atoms with Crippen molar-refractivity contribution < 1.29 is 0 Å². The van der Waals surface area contributed by atoms with Crippen molar-refractivity contribution in [3.05, 3.63) is 28.5 Å². The predicted octanol–water partition coefficient (Wildman–Crippen LogP) is 3.08. The van der Waals surface area contributed by atoms with Gasteiger partial charge < -0.3 is 10.7 Å². The summed E-state index contributed by atoms with van der Waals surface area (Å²) in [4.78, 5) is 7.77. The van der Waals surface area contributed by atoms with Crippen molar-refractivity contribution in [2.24, 2.45) is 5.73 Å². The van der Waals surface area contributed by atoms with Crippen molar-refractivity contribution in [1.82, 2.24) is 9.97 Å². The van der Waals surface area contributed by atoms with Gasteiger partial charge in [-0.25, -0.2) is 4.98 Å². The predicted molar refractivity (Wildman–Crippen MR) is 73.7 cm³/mol. The minimum atomic E-state index is -0.00127. The molecular weight excluding hydrogens is 286 g/mol. The third-order valence-corrected chi connectivity index (χ3v) is 3.58. The molecule has 0 radical (unpaired) electrons. The minimum absolute atomic E-state index is 0.00127. The molecule has 3 N–H and O–H groups in total. The quantitative estimate of drug-likeness (QED) is 0.912. The number of hydrogen-bond acceptors (Lipinski definition) is 3. The van der Waals surface area contributed by atoms with Gasteiger partial charge in [0.2, 0.25) is 0 Å². The van der Waals surface area contributed by atoms with E-state index >= 15 is 0 Å². The number of fused-ring (bicyclic) bond motifs is 1. The summed E-state index contributed by atoms with van der Waals surface area (Å²) in [5, 5.41) is 0. The standard InChI is InChI=1S/C11H14BrN3S/c1-16-5-4-8(13)11-14-9-3-2-7(12)6-10(9)15-11/h2-3,6,8H,4-5,13H2,1H3,(H,14,15)/t8-/m0/s1. The van der Waals surface area contributed by atoms with Gasteiger partial charge in [0, 0.05) is 4.47 Å². The summed E-state index contributed by atoms with van der Waals surface area (Å²) < 4.78 is 1.05. The van der Waals surface area contributed by atoms with Crippen LogP contribution in [-0.2, 0) is 0 Å². The Kier molecular flexibility index (Phi) is 3.89. The molecule has 0 fully saturated rings. The fraction of sp³-hybridized carbons (Fsp3) is 0.364. The molecule has 1 heterocycles. The van der Waals surface area contributed by atoms with Gasteiger partial charge in [-0.15, -0.1) is 0 Å². The number of imidazole rings is 1. The van der Waals surface area contributed by atoms with Crippen LogP contribution < -0.4 is 5.73 Å². The summed E-state index contributed by atoms with van der Waals surface area (Å²) in [5.41, 5.74) is 8.07. The van der Waals surface area contributed by atoms with Crippen molar-refractivity contribution in [2.45, 2.75) is 12.5 Å². The lowest BCUT2D eigenvalue weighted by molar-refractivity contribution is 0.666. The van der Waals surface area contributed by atoms with Gasteiger partial charge in [0.15, 0.2) is 0 Å². The van der Waals surface area contributed by atoms with Gasteiger partial charge in [0.05, 0.1) is 17.1 Å². The smallest absolute Gasteiger partial charge is 0.124 e. The van der Waals surface area contributed by atoms with Crippen LogP contribution in [-0.4, -0.2) is 22.0 Å². The summed E-state index contributed by atoms with van der Waals surface area (Å²) in [6.07, 6.45) is 3.03. The third-order valence-electron chi connectivity index (χ3n) is 2.45. The van der Waals surface area contributed by atoms with Gasteiger partial charge in [-0.05, 0) is 36.6 Å². The minimum Gasteiger partial charge on any atom is -0.341 e. The number of thioether (sulfide) groups is 1. The maximum absolute atomic E-state index is 6.06. The van der Waals surface area contributed by atoms with Gasteiger partial charge >= 0.3 is 0 Å². The Balaban J connectivity index is 2.25. The molecule has 86 valence electrons. The zero-order chi connectivity index (χ0) is 11.5. The highest BCUT2D eigenvalue weighted by molar-refractivity contribution is 9.10. The Morgan fingerprint density at radius 2 is 2.38 bits per heavy atom.